The molecular formula is C18H20N4OS2. The first kappa shape index (κ1) is 16.6. The van der Waals surface area contributed by atoms with Crippen molar-refractivity contribution in [2.75, 3.05) is 12.3 Å². The maximum atomic E-state index is 12.8. The molecule has 0 aliphatic carbocycles. The van der Waals surface area contributed by atoms with Crippen LogP contribution in [0.1, 0.15) is 30.4 Å². The van der Waals surface area contributed by atoms with E-state index in [2.05, 4.69) is 15.6 Å². The van der Waals surface area contributed by atoms with Crippen LogP contribution in [0.3, 0.4) is 0 Å². The van der Waals surface area contributed by atoms with Gasteiger partial charge in [0, 0.05) is 24.7 Å². The molecule has 3 heterocycles. The van der Waals surface area contributed by atoms with Crippen molar-refractivity contribution in [2.24, 2.45) is 7.05 Å². The Bertz CT molecular complexity index is 917. The number of aromatic nitrogens is 3. The molecule has 0 N–H and O–H groups in total. The first-order valence-electron chi connectivity index (χ1n) is 8.39. The van der Waals surface area contributed by atoms with E-state index in [0.29, 0.717) is 5.75 Å². The molecule has 1 saturated heterocycles. The van der Waals surface area contributed by atoms with Gasteiger partial charge in [0.05, 0.1) is 22.8 Å². The van der Waals surface area contributed by atoms with Gasteiger partial charge in [0.15, 0.2) is 4.34 Å². The van der Waals surface area contributed by atoms with Crippen molar-refractivity contribution < 1.29 is 4.79 Å². The van der Waals surface area contributed by atoms with Gasteiger partial charge in [-0.25, -0.2) is 9.97 Å². The number of carbonyl (C=O) groups is 1. The van der Waals surface area contributed by atoms with Gasteiger partial charge in [-0.05, 0) is 31.9 Å². The second-order valence-electron chi connectivity index (χ2n) is 6.31. The SMILES string of the molecule is Cc1csc(SCC(=O)N2CCCC2c2nc3ccccc3n2C)n1. The summed E-state index contributed by atoms with van der Waals surface area (Å²) < 4.78 is 3.09. The molecule has 1 aliphatic rings. The minimum Gasteiger partial charge on any atom is -0.332 e. The van der Waals surface area contributed by atoms with E-state index < -0.39 is 0 Å². The summed E-state index contributed by atoms with van der Waals surface area (Å²) in [6.07, 6.45) is 2.00. The third-order valence-electron chi connectivity index (χ3n) is 4.61. The number of thiazole rings is 1. The van der Waals surface area contributed by atoms with Crippen molar-refractivity contribution >= 4 is 40.0 Å². The topological polar surface area (TPSA) is 51.0 Å². The maximum absolute atomic E-state index is 12.8. The van der Waals surface area contributed by atoms with Crippen molar-refractivity contribution in [1.82, 2.24) is 19.4 Å². The second kappa shape index (κ2) is 6.80. The lowest BCUT2D eigenvalue weighted by Gasteiger charge is -2.24. The molecular weight excluding hydrogens is 352 g/mol. The number of aryl methyl sites for hydroxylation is 2. The highest BCUT2D eigenvalue weighted by Crippen LogP contribution is 2.34. The zero-order valence-electron chi connectivity index (χ0n) is 14.3. The van der Waals surface area contributed by atoms with Gasteiger partial charge in [-0.2, -0.15) is 0 Å². The number of imidazole rings is 1. The predicted molar refractivity (Wildman–Crippen MR) is 102 cm³/mol. The summed E-state index contributed by atoms with van der Waals surface area (Å²) in [5.74, 6) is 1.60. The molecule has 25 heavy (non-hydrogen) atoms. The zero-order chi connectivity index (χ0) is 17.4. The number of fused-ring (bicyclic) bond motifs is 1. The van der Waals surface area contributed by atoms with E-state index in [9.17, 15) is 4.79 Å². The van der Waals surface area contributed by atoms with E-state index in [-0.39, 0.29) is 11.9 Å². The Morgan fingerprint density at radius 3 is 2.96 bits per heavy atom. The van der Waals surface area contributed by atoms with E-state index in [1.54, 1.807) is 11.3 Å². The highest BCUT2D eigenvalue weighted by Gasteiger charge is 2.33. The zero-order valence-corrected chi connectivity index (χ0v) is 15.9. The average Bonchev–Trinajstić information content (AvgIpc) is 3.32. The lowest BCUT2D eigenvalue weighted by atomic mass is 10.2. The smallest absolute Gasteiger partial charge is 0.233 e. The molecule has 1 aromatic carbocycles. The average molecular weight is 373 g/mol. The Kier molecular flexibility index (Phi) is 4.52. The standard InChI is InChI=1S/C18H20N4OS2/c1-12-10-24-18(19-12)25-11-16(23)22-9-5-8-15(22)17-20-13-6-3-4-7-14(13)21(17)2/h3-4,6-7,10,15H,5,8-9,11H2,1-2H3. The van der Waals surface area contributed by atoms with Crippen LogP contribution in [-0.4, -0.2) is 37.6 Å². The molecule has 5 nitrogen and oxygen atoms in total. The van der Waals surface area contributed by atoms with Crippen LogP contribution in [0.5, 0.6) is 0 Å². The Labute approximate surface area is 155 Å². The van der Waals surface area contributed by atoms with E-state index in [1.165, 1.54) is 11.8 Å². The van der Waals surface area contributed by atoms with Gasteiger partial charge in [0.2, 0.25) is 5.91 Å². The quantitative estimate of drug-likeness (QED) is 0.654. The summed E-state index contributed by atoms with van der Waals surface area (Å²) in [4.78, 5) is 24.0. The van der Waals surface area contributed by atoms with Gasteiger partial charge < -0.3 is 9.47 Å². The molecule has 1 aliphatic heterocycles. The van der Waals surface area contributed by atoms with Gasteiger partial charge in [-0.3, -0.25) is 4.79 Å². The summed E-state index contributed by atoms with van der Waals surface area (Å²) in [6, 6.07) is 8.21. The number of para-hydroxylation sites is 2. The van der Waals surface area contributed by atoms with Crippen LogP contribution in [0, 0.1) is 6.92 Å². The number of rotatable bonds is 4. The molecule has 1 atom stereocenters. The molecule has 0 radical (unpaired) electrons. The summed E-state index contributed by atoms with van der Waals surface area (Å²) in [5, 5.41) is 2.02. The van der Waals surface area contributed by atoms with E-state index >= 15 is 0 Å². The van der Waals surface area contributed by atoms with Gasteiger partial charge in [0.25, 0.3) is 0 Å². The number of thioether (sulfide) groups is 1. The van der Waals surface area contributed by atoms with Crippen molar-refractivity contribution in [3.8, 4) is 0 Å². The van der Waals surface area contributed by atoms with Crippen LogP contribution in [0.2, 0.25) is 0 Å². The first-order valence-corrected chi connectivity index (χ1v) is 10.3. The Balaban J connectivity index is 1.53. The van der Waals surface area contributed by atoms with Crippen LogP contribution >= 0.6 is 23.1 Å². The van der Waals surface area contributed by atoms with Crippen molar-refractivity contribution in [2.45, 2.75) is 30.1 Å². The molecule has 130 valence electrons. The van der Waals surface area contributed by atoms with Crippen molar-refractivity contribution in [3.05, 3.63) is 41.2 Å². The van der Waals surface area contributed by atoms with Crippen molar-refractivity contribution in [1.29, 1.82) is 0 Å². The van der Waals surface area contributed by atoms with Crippen LogP contribution in [0.25, 0.3) is 11.0 Å². The highest BCUT2D eigenvalue weighted by molar-refractivity contribution is 8.01. The summed E-state index contributed by atoms with van der Waals surface area (Å²) in [7, 11) is 2.04. The van der Waals surface area contributed by atoms with Crippen LogP contribution in [0.4, 0.5) is 0 Å². The first-order chi connectivity index (χ1) is 12.1. The maximum Gasteiger partial charge on any atom is 0.233 e. The Morgan fingerprint density at radius 1 is 1.36 bits per heavy atom. The molecule has 7 heteroatoms. The fourth-order valence-corrected chi connectivity index (χ4v) is 5.14. The van der Waals surface area contributed by atoms with E-state index in [1.807, 2.05) is 42.5 Å². The molecule has 1 fully saturated rings. The van der Waals surface area contributed by atoms with Crippen LogP contribution in [0.15, 0.2) is 34.0 Å². The summed E-state index contributed by atoms with van der Waals surface area (Å²) in [5.41, 5.74) is 3.12. The van der Waals surface area contributed by atoms with E-state index in [4.69, 9.17) is 4.98 Å². The van der Waals surface area contributed by atoms with Crippen LogP contribution < -0.4 is 0 Å². The fraction of sp³-hybridized carbons (Fsp3) is 0.389. The molecule has 0 saturated carbocycles. The Hall–Kier alpha value is -1.86. The molecule has 1 unspecified atom stereocenters. The molecule has 0 spiro atoms. The largest absolute Gasteiger partial charge is 0.332 e. The minimum absolute atomic E-state index is 0.0727. The fourth-order valence-electron chi connectivity index (χ4n) is 3.40. The number of likely N-dealkylation sites (tertiary alicyclic amines) is 1. The summed E-state index contributed by atoms with van der Waals surface area (Å²) in [6.45, 7) is 2.79. The monoisotopic (exact) mass is 372 g/mol. The Morgan fingerprint density at radius 2 is 2.20 bits per heavy atom. The number of benzene rings is 1. The lowest BCUT2D eigenvalue weighted by Crippen LogP contribution is -2.33. The molecule has 1 amide bonds. The third kappa shape index (κ3) is 3.18. The number of nitrogens with zero attached hydrogens (tertiary/aromatic N) is 4. The molecule has 3 aromatic rings. The molecule has 0 bridgehead atoms. The normalized spacial score (nSPS) is 17.5. The van der Waals surface area contributed by atoms with Gasteiger partial charge in [-0.1, -0.05) is 23.9 Å². The number of amides is 1. The number of hydrogen-bond acceptors (Lipinski definition) is 5. The summed E-state index contributed by atoms with van der Waals surface area (Å²) >= 11 is 3.13. The lowest BCUT2D eigenvalue weighted by molar-refractivity contribution is -0.129. The van der Waals surface area contributed by atoms with Gasteiger partial charge in [-0.15, -0.1) is 11.3 Å². The van der Waals surface area contributed by atoms with Crippen molar-refractivity contribution in [3.63, 3.8) is 0 Å². The van der Waals surface area contributed by atoms with Crippen LogP contribution in [-0.2, 0) is 11.8 Å². The molecule has 4 rings (SSSR count). The predicted octanol–water partition coefficient (Wildman–Crippen LogP) is 3.79. The number of hydrogen-bond donors (Lipinski definition) is 0. The minimum atomic E-state index is 0.0727. The third-order valence-corrected chi connectivity index (χ3v) is 6.73. The van der Waals surface area contributed by atoms with Gasteiger partial charge >= 0.3 is 0 Å². The molecule has 2 aromatic heterocycles. The van der Waals surface area contributed by atoms with Gasteiger partial charge in [0.1, 0.15) is 5.82 Å². The van der Waals surface area contributed by atoms with E-state index in [0.717, 1.165) is 46.3 Å². The second-order valence-corrected chi connectivity index (χ2v) is 8.39. The highest BCUT2D eigenvalue weighted by atomic mass is 32.2. The number of carbonyl (C=O) groups excluding carboxylic acids is 1.